The van der Waals surface area contributed by atoms with Gasteiger partial charge in [0.05, 0.1) is 12.1 Å². The molecule has 1 aliphatic heterocycles. The summed E-state index contributed by atoms with van der Waals surface area (Å²) in [5.74, 6) is 1.53. The number of rotatable bonds is 8. The van der Waals surface area contributed by atoms with Crippen LogP contribution in [0.4, 0.5) is 5.82 Å². The van der Waals surface area contributed by atoms with Gasteiger partial charge in [0.25, 0.3) is 5.91 Å². The molecule has 0 unspecified atom stereocenters. The Hall–Kier alpha value is -3.74. The van der Waals surface area contributed by atoms with Gasteiger partial charge in [-0.3, -0.25) is 9.59 Å². The van der Waals surface area contributed by atoms with Crippen molar-refractivity contribution < 1.29 is 14.3 Å². The van der Waals surface area contributed by atoms with Crippen LogP contribution in [-0.4, -0.2) is 47.9 Å². The van der Waals surface area contributed by atoms with E-state index >= 15 is 0 Å². The first kappa shape index (κ1) is 21.5. The summed E-state index contributed by atoms with van der Waals surface area (Å²) < 4.78 is 5.76. The molecule has 1 fully saturated rings. The number of amides is 1. The van der Waals surface area contributed by atoms with Crippen molar-refractivity contribution >= 4 is 17.5 Å². The van der Waals surface area contributed by atoms with Gasteiger partial charge >= 0.3 is 0 Å². The molecule has 2 aromatic carbocycles. The van der Waals surface area contributed by atoms with Crippen molar-refractivity contribution in [2.24, 2.45) is 0 Å². The van der Waals surface area contributed by atoms with E-state index in [2.05, 4.69) is 20.2 Å². The second-order valence-electron chi connectivity index (χ2n) is 7.65. The standard InChI is InChI=1S/C25H26N4O3/c1-18-27-22(29-14-7-8-15-29)17-23(28-18)32-16-13-26-25(31)21-12-6-5-11-20(21)24(30)19-9-3-2-4-10-19/h2-6,9-12,17H,7-8,13-16H2,1H3,(H,26,31). The fraction of sp³-hybridized carbons (Fsp3) is 0.280. The molecule has 1 amide bonds. The molecular formula is C25H26N4O3. The van der Waals surface area contributed by atoms with E-state index in [4.69, 9.17) is 4.74 Å². The predicted octanol–water partition coefficient (Wildman–Crippen LogP) is 3.43. The molecule has 4 rings (SSSR count). The molecule has 0 radical (unpaired) electrons. The molecule has 1 aromatic heterocycles. The summed E-state index contributed by atoms with van der Waals surface area (Å²) in [6.45, 7) is 4.38. The summed E-state index contributed by atoms with van der Waals surface area (Å²) in [6, 6.07) is 17.6. The van der Waals surface area contributed by atoms with E-state index in [0.29, 0.717) is 28.4 Å². The number of hydrogen-bond acceptors (Lipinski definition) is 6. The highest BCUT2D eigenvalue weighted by Gasteiger charge is 2.18. The van der Waals surface area contributed by atoms with Gasteiger partial charge in [0, 0.05) is 30.3 Å². The largest absolute Gasteiger partial charge is 0.476 e. The zero-order valence-corrected chi connectivity index (χ0v) is 18.1. The zero-order chi connectivity index (χ0) is 22.3. The van der Waals surface area contributed by atoms with Gasteiger partial charge in [-0.1, -0.05) is 48.5 Å². The van der Waals surface area contributed by atoms with Crippen LogP contribution in [0.2, 0.25) is 0 Å². The van der Waals surface area contributed by atoms with Gasteiger partial charge in [0.15, 0.2) is 5.78 Å². The number of carbonyl (C=O) groups is 2. The number of aromatic nitrogens is 2. The molecule has 0 atom stereocenters. The Morgan fingerprint density at radius 3 is 2.41 bits per heavy atom. The number of ether oxygens (including phenoxy) is 1. The number of anilines is 1. The fourth-order valence-corrected chi connectivity index (χ4v) is 3.75. The van der Waals surface area contributed by atoms with Gasteiger partial charge in [0.1, 0.15) is 18.2 Å². The SMILES string of the molecule is Cc1nc(OCCNC(=O)c2ccccc2C(=O)c2ccccc2)cc(N2CCCC2)n1. The highest BCUT2D eigenvalue weighted by Crippen LogP contribution is 2.21. The van der Waals surface area contributed by atoms with Crippen molar-refractivity contribution in [2.75, 3.05) is 31.1 Å². The first-order valence-electron chi connectivity index (χ1n) is 10.8. The topological polar surface area (TPSA) is 84.4 Å². The van der Waals surface area contributed by atoms with E-state index in [-0.39, 0.29) is 24.8 Å². The zero-order valence-electron chi connectivity index (χ0n) is 18.1. The van der Waals surface area contributed by atoms with Crippen molar-refractivity contribution in [2.45, 2.75) is 19.8 Å². The summed E-state index contributed by atoms with van der Waals surface area (Å²) >= 11 is 0. The van der Waals surface area contributed by atoms with Crippen molar-refractivity contribution in [3.63, 3.8) is 0 Å². The quantitative estimate of drug-likeness (QED) is 0.435. The second-order valence-corrected chi connectivity index (χ2v) is 7.65. The third kappa shape index (κ3) is 5.11. The van der Waals surface area contributed by atoms with Crippen molar-refractivity contribution in [3.05, 3.63) is 83.2 Å². The lowest BCUT2D eigenvalue weighted by Gasteiger charge is -2.17. The Bertz CT molecular complexity index is 1100. The van der Waals surface area contributed by atoms with Gasteiger partial charge < -0.3 is 15.0 Å². The Morgan fingerprint density at radius 2 is 1.66 bits per heavy atom. The van der Waals surface area contributed by atoms with Crippen molar-refractivity contribution in [3.8, 4) is 5.88 Å². The number of benzene rings is 2. The lowest BCUT2D eigenvalue weighted by molar-refractivity contribution is 0.0936. The fourth-order valence-electron chi connectivity index (χ4n) is 3.75. The maximum Gasteiger partial charge on any atom is 0.252 e. The Labute approximate surface area is 187 Å². The van der Waals surface area contributed by atoms with Crippen LogP contribution in [0, 0.1) is 6.92 Å². The molecule has 7 heteroatoms. The van der Waals surface area contributed by atoms with Crippen LogP contribution < -0.4 is 15.0 Å². The maximum atomic E-state index is 12.8. The maximum absolute atomic E-state index is 12.8. The van der Waals surface area contributed by atoms with Crippen molar-refractivity contribution in [1.29, 1.82) is 0 Å². The molecule has 0 aliphatic carbocycles. The van der Waals surface area contributed by atoms with E-state index in [1.807, 2.05) is 19.1 Å². The number of carbonyl (C=O) groups excluding carboxylic acids is 2. The third-order valence-electron chi connectivity index (χ3n) is 5.32. The molecule has 0 spiro atoms. The Morgan fingerprint density at radius 1 is 0.969 bits per heavy atom. The first-order valence-corrected chi connectivity index (χ1v) is 10.8. The summed E-state index contributed by atoms with van der Waals surface area (Å²) in [7, 11) is 0. The van der Waals surface area contributed by atoms with Crippen LogP contribution in [0.15, 0.2) is 60.7 Å². The molecule has 0 saturated carbocycles. The number of nitrogens with one attached hydrogen (secondary N) is 1. The molecular weight excluding hydrogens is 404 g/mol. The third-order valence-corrected chi connectivity index (χ3v) is 5.32. The van der Waals surface area contributed by atoms with E-state index in [1.165, 1.54) is 12.8 Å². The molecule has 2 heterocycles. The summed E-state index contributed by atoms with van der Waals surface area (Å²) in [4.78, 5) is 36.6. The molecule has 1 aliphatic rings. The lowest BCUT2D eigenvalue weighted by Crippen LogP contribution is -2.29. The highest BCUT2D eigenvalue weighted by molar-refractivity contribution is 6.15. The van der Waals surface area contributed by atoms with Crippen LogP contribution in [0.3, 0.4) is 0 Å². The van der Waals surface area contributed by atoms with Crippen LogP contribution in [-0.2, 0) is 0 Å². The first-order chi connectivity index (χ1) is 15.6. The summed E-state index contributed by atoms with van der Waals surface area (Å²) in [5.41, 5.74) is 1.26. The average Bonchev–Trinajstić information content (AvgIpc) is 3.37. The van der Waals surface area contributed by atoms with Gasteiger partial charge in [0.2, 0.25) is 5.88 Å². The molecule has 1 saturated heterocycles. The monoisotopic (exact) mass is 430 g/mol. The van der Waals surface area contributed by atoms with Crippen LogP contribution >= 0.6 is 0 Å². The lowest BCUT2D eigenvalue weighted by atomic mass is 9.98. The Balaban J connectivity index is 1.36. The van der Waals surface area contributed by atoms with E-state index in [1.54, 1.807) is 48.5 Å². The van der Waals surface area contributed by atoms with E-state index in [9.17, 15) is 9.59 Å². The minimum absolute atomic E-state index is 0.182. The summed E-state index contributed by atoms with van der Waals surface area (Å²) in [6.07, 6.45) is 2.33. The number of nitrogens with zero attached hydrogens (tertiary/aromatic N) is 3. The molecule has 164 valence electrons. The Kier molecular flexibility index (Phi) is 6.75. The van der Waals surface area contributed by atoms with E-state index in [0.717, 1.165) is 18.9 Å². The van der Waals surface area contributed by atoms with Gasteiger partial charge in [-0.15, -0.1) is 0 Å². The van der Waals surface area contributed by atoms with Gasteiger partial charge in [-0.2, -0.15) is 4.98 Å². The average molecular weight is 431 g/mol. The van der Waals surface area contributed by atoms with Crippen LogP contribution in [0.25, 0.3) is 0 Å². The molecule has 32 heavy (non-hydrogen) atoms. The predicted molar refractivity (Wildman–Crippen MR) is 122 cm³/mol. The van der Waals surface area contributed by atoms with Gasteiger partial charge in [-0.05, 0) is 25.8 Å². The summed E-state index contributed by atoms with van der Waals surface area (Å²) in [5, 5.41) is 2.83. The number of aryl methyl sites for hydroxylation is 1. The molecule has 1 N–H and O–H groups in total. The normalized spacial score (nSPS) is 13.1. The highest BCUT2D eigenvalue weighted by atomic mass is 16.5. The van der Waals surface area contributed by atoms with E-state index < -0.39 is 0 Å². The van der Waals surface area contributed by atoms with Crippen LogP contribution in [0.1, 0.15) is 44.9 Å². The van der Waals surface area contributed by atoms with Crippen LogP contribution in [0.5, 0.6) is 5.88 Å². The number of ketones is 1. The minimum Gasteiger partial charge on any atom is -0.476 e. The van der Waals surface area contributed by atoms with Crippen molar-refractivity contribution in [1.82, 2.24) is 15.3 Å². The number of hydrogen-bond donors (Lipinski definition) is 1. The smallest absolute Gasteiger partial charge is 0.252 e. The molecule has 7 nitrogen and oxygen atoms in total. The molecule has 3 aromatic rings. The second kappa shape index (κ2) is 10.0. The van der Waals surface area contributed by atoms with Gasteiger partial charge in [-0.25, -0.2) is 4.98 Å². The minimum atomic E-state index is -0.315. The molecule has 0 bridgehead atoms.